The number of hydrogen-bond acceptors (Lipinski definition) is 3. The Morgan fingerprint density at radius 1 is 1.05 bits per heavy atom. The molecule has 2 aliphatic heterocycles. The highest BCUT2D eigenvalue weighted by Crippen LogP contribution is 2.29. The maximum absolute atomic E-state index is 12.7. The van der Waals surface area contributed by atoms with Gasteiger partial charge in [-0.1, -0.05) is 6.42 Å². The number of hydrogen-bond donors (Lipinski definition) is 1. The molecule has 0 saturated carbocycles. The van der Waals surface area contributed by atoms with Crippen LogP contribution in [0.5, 0.6) is 0 Å². The Balaban J connectivity index is 2.09. The summed E-state index contributed by atoms with van der Waals surface area (Å²) in [6.07, 6.45) is 3.68. The standard InChI is InChI=1S/C13H24N2O4S/c1-10-4-3-5-11(2)15(10)20(18,19)14-8-6-12(7-9-14)13(16)17/h10-12H,3-9H2,1-2H3,(H,16,17)/t10-,11+. The summed E-state index contributed by atoms with van der Waals surface area (Å²) in [5.74, 6) is -1.22. The van der Waals surface area contributed by atoms with Crippen molar-refractivity contribution in [3.8, 4) is 0 Å². The van der Waals surface area contributed by atoms with E-state index in [4.69, 9.17) is 5.11 Å². The SMILES string of the molecule is C[C@@H]1CCC[C@H](C)N1S(=O)(=O)N1CCC(C(=O)O)CC1. The van der Waals surface area contributed by atoms with Crippen molar-refractivity contribution >= 4 is 16.2 Å². The Kier molecular flexibility index (Phi) is 4.71. The van der Waals surface area contributed by atoms with E-state index in [0.29, 0.717) is 25.9 Å². The Labute approximate surface area is 120 Å². The normalized spacial score (nSPS) is 31.3. The molecule has 0 aromatic heterocycles. The summed E-state index contributed by atoms with van der Waals surface area (Å²) in [4.78, 5) is 10.9. The first-order valence-electron chi connectivity index (χ1n) is 7.35. The zero-order valence-corrected chi connectivity index (χ0v) is 13.0. The van der Waals surface area contributed by atoms with Gasteiger partial charge in [-0.2, -0.15) is 17.0 Å². The first-order valence-corrected chi connectivity index (χ1v) is 8.75. The number of carbonyl (C=O) groups is 1. The van der Waals surface area contributed by atoms with Crippen LogP contribution in [-0.4, -0.2) is 53.3 Å². The highest BCUT2D eigenvalue weighted by atomic mass is 32.2. The summed E-state index contributed by atoms with van der Waals surface area (Å²) >= 11 is 0. The molecule has 0 bridgehead atoms. The largest absolute Gasteiger partial charge is 0.481 e. The van der Waals surface area contributed by atoms with Gasteiger partial charge in [0.15, 0.2) is 0 Å². The summed E-state index contributed by atoms with van der Waals surface area (Å²) < 4.78 is 28.6. The minimum Gasteiger partial charge on any atom is -0.481 e. The van der Waals surface area contributed by atoms with Crippen LogP contribution in [0.1, 0.15) is 46.0 Å². The molecule has 6 nitrogen and oxygen atoms in total. The van der Waals surface area contributed by atoms with Crippen LogP contribution in [0, 0.1) is 5.92 Å². The molecule has 2 heterocycles. The van der Waals surface area contributed by atoms with Crippen molar-refractivity contribution in [2.45, 2.75) is 58.0 Å². The molecule has 0 amide bonds. The van der Waals surface area contributed by atoms with Gasteiger partial charge in [-0.25, -0.2) is 0 Å². The molecular formula is C13H24N2O4S. The number of aliphatic carboxylic acids is 1. The van der Waals surface area contributed by atoms with E-state index >= 15 is 0 Å². The van der Waals surface area contributed by atoms with E-state index in [-0.39, 0.29) is 12.1 Å². The van der Waals surface area contributed by atoms with Gasteiger partial charge < -0.3 is 5.11 Å². The van der Waals surface area contributed by atoms with Crippen LogP contribution >= 0.6 is 0 Å². The monoisotopic (exact) mass is 304 g/mol. The second-order valence-electron chi connectivity index (χ2n) is 5.98. The molecule has 2 fully saturated rings. The average Bonchev–Trinajstić information content (AvgIpc) is 2.38. The zero-order valence-electron chi connectivity index (χ0n) is 12.2. The highest BCUT2D eigenvalue weighted by molar-refractivity contribution is 7.86. The van der Waals surface area contributed by atoms with E-state index in [1.807, 2.05) is 13.8 Å². The highest BCUT2D eigenvalue weighted by Gasteiger charge is 2.40. The lowest BCUT2D eigenvalue weighted by molar-refractivity contribution is -0.142. The molecule has 20 heavy (non-hydrogen) atoms. The molecule has 2 saturated heterocycles. The van der Waals surface area contributed by atoms with Gasteiger partial charge >= 0.3 is 5.97 Å². The summed E-state index contributed by atoms with van der Waals surface area (Å²) in [6.45, 7) is 4.54. The minimum absolute atomic E-state index is 0.0287. The topological polar surface area (TPSA) is 77.9 Å². The van der Waals surface area contributed by atoms with Crippen molar-refractivity contribution in [1.82, 2.24) is 8.61 Å². The van der Waals surface area contributed by atoms with Crippen molar-refractivity contribution in [3.05, 3.63) is 0 Å². The number of nitrogens with zero attached hydrogens (tertiary/aromatic N) is 2. The lowest BCUT2D eigenvalue weighted by Gasteiger charge is -2.41. The van der Waals surface area contributed by atoms with E-state index in [1.165, 1.54) is 4.31 Å². The number of carboxylic acid groups (broad SMARTS) is 1. The molecule has 7 heteroatoms. The van der Waals surface area contributed by atoms with Crippen molar-refractivity contribution in [1.29, 1.82) is 0 Å². The van der Waals surface area contributed by atoms with Gasteiger partial charge in [0.1, 0.15) is 0 Å². The third-order valence-corrected chi connectivity index (χ3v) is 6.78. The molecule has 2 atom stereocenters. The average molecular weight is 304 g/mol. The van der Waals surface area contributed by atoms with E-state index in [1.54, 1.807) is 4.31 Å². The molecule has 0 radical (unpaired) electrons. The molecule has 2 rings (SSSR count). The number of piperidine rings is 2. The molecule has 0 aromatic rings. The van der Waals surface area contributed by atoms with E-state index in [0.717, 1.165) is 19.3 Å². The van der Waals surface area contributed by atoms with Crippen LogP contribution in [0.3, 0.4) is 0 Å². The molecule has 1 N–H and O–H groups in total. The zero-order chi connectivity index (χ0) is 14.9. The summed E-state index contributed by atoms with van der Waals surface area (Å²) in [5, 5.41) is 8.98. The van der Waals surface area contributed by atoms with Crippen LogP contribution in [-0.2, 0) is 15.0 Å². The van der Waals surface area contributed by atoms with E-state index in [2.05, 4.69) is 0 Å². The van der Waals surface area contributed by atoms with Crippen LogP contribution < -0.4 is 0 Å². The maximum atomic E-state index is 12.7. The quantitative estimate of drug-likeness (QED) is 0.852. The Morgan fingerprint density at radius 3 is 2.00 bits per heavy atom. The predicted molar refractivity (Wildman–Crippen MR) is 75.5 cm³/mol. The molecule has 0 aromatic carbocycles. The molecule has 2 aliphatic rings. The van der Waals surface area contributed by atoms with E-state index < -0.39 is 22.1 Å². The second kappa shape index (κ2) is 5.99. The fourth-order valence-electron chi connectivity index (χ4n) is 3.32. The first-order chi connectivity index (χ1) is 9.34. The summed E-state index contributed by atoms with van der Waals surface area (Å²) in [5.41, 5.74) is 0. The Bertz CT molecular complexity index is 447. The number of rotatable bonds is 3. The van der Waals surface area contributed by atoms with Crippen molar-refractivity contribution in [3.63, 3.8) is 0 Å². The lowest BCUT2D eigenvalue weighted by Crippen LogP contribution is -2.55. The fourth-order valence-corrected chi connectivity index (χ4v) is 5.38. The third kappa shape index (κ3) is 2.99. The fraction of sp³-hybridized carbons (Fsp3) is 0.923. The van der Waals surface area contributed by atoms with Crippen molar-refractivity contribution in [2.75, 3.05) is 13.1 Å². The van der Waals surface area contributed by atoms with Crippen LogP contribution in [0.4, 0.5) is 0 Å². The first kappa shape index (κ1) is 15.7. The van der Waals surface area contributed by atoms with Gasteiger partial charge in [0.05, 0.1) is 5.92 Å². The second-order valence-corrected chi connectivity index (χ2v) is 7.81. The van der Waals surface area contributed by atoms with Gasteiger partial charge in [-0.3, -0.25) is 4.79 Å². The van der Waals surface area contributed by atoms with Crippen molar-refractivity contribution in [2.24, 2.45) is 5.92 Å². The van der Waals surface area contributed by atoms with Gasteiger partial charge in [0.25, 0.3) is 10.2 Å². The minimum atomic E-state index is -3.46. The van der Waals surface area contributed by atoms with Crippen LogP contribution in [0.25, 0.3) is 0 Å². The lowest BCUT2D eigenvalue weighted by atomic mass is 9.99. The van der Waals surface area contributed by atoms with Gasteiger partial charge in [0.2, 0.25) is 0 Å². The van der Waals surface area contributed by atoms with Gasteiger partial charge in [-0.05, 0) is 39.5 Å². The van der Waals surface area contributed by atoms with E-state index in [9.17, 15) is 13.2 Å². The molecule has 0 aliphatic carbocycles. The predicted octanol–water partition coefficient (Wildman–Crippen LogP) is 1.29. The number of carboxylic acids is 1. The summed E-state index contributed by atoms with van der Waals surface area (Å²) in [7, 11) is -3.46. The maximum Gasteiger partial charge on any atom is 0.306 e. The van der Waals surface area contributed by atoms with Gasteiger partial charge in [-0.15, -0.1) is 0 Å². The molecule has 0 spiro atoms. The molecule has 116 valence electrons. The van der Waals surface area contributed by atoms with Gasteiger partial charge in [0, 0.05) is 25.2 Å². The summed E-state index contributed by atoms with van der Waals surface area (Å²) in [6, 6.07) is 0.0573. The molecular weight excluding hydrogens is 280 g/mol. The smallest absolute Gasteiger partial charge is 0.306 e. The van der Waals surface area contributed by atoms with Crippen LogP contribution in [0.2, 0.25) is 0 Å². The third-order valence-electron chi connectivity index (χ3n) is 4.51. The molecule has 0 unspecified atom stereocenters. The Hall–Kier alpha value is -0.660. The van der Waals surface area contributed by atoms with Crippen molar-refractivity contribution < 1.29 is 18.3 Å². The van der Waals surface area contributed by atoms with Crippen LogP contribution in [0.15, 0.2) is 0 Å². The Morgan fingerprint density at radius 2 is 1.55 bits per heavy atom.